The molecular weight excluding hydrogens is 882 g/mol. The molecule has 2 saturated heterocycles. The highest BCUT2D eigenvalue weighted by atomic mass is 19.1. The lowest BCUT2D eigenvalue weighted by molar-refractivity contribution is -0.137. The summed E-state index contributed by atoms with van der Waals surface area (Å²) in [6.45, 7) is 7.69. The third-order valence-corrected chi connectivity index (χ3v) is 12.2. The van der Waals surface area contributed by atoms with Crippen molar-refractivity contribution in [1.82, 2.24) is 45.8 Å². The molecule has 3 unspecified atom stereocenters. The van der Waals surface area contributed by atoms with E-state index in [4.69, 9.17) is 19.3 Å². The second-order valence-corrected chi connectivity index (χ2v) is 17.2. The molecule has 8 rings (SSSR count). The Morgan fingerprint density at radius 1 is 0.884 bits per heavy atom. The van der Waals surface area contributed by atoms with Crippen LogP contribution in [-0.4, -0.2) is 114 Å². The Morgan fingerprint density at radius 2 is 1.61 bits per heavy atom. The van der Waals surface area contributed by atoms with Gasteiger partial charge in [0.25, 0.3) is 12.9 Å². The summed E-state index contributed by atoms with van der Waals surface area (Å²) in [5.74, 6) is 1.44. The number of unbranched alkanes of at least 4 members (excludes halogenated alkanes) is 1. The van der Waals surface area contributed by atoms with E-state index in [1.807, 2.05) is 92.7 Å². The maximum atomic E-state index is 15.7. The number of amides is 2. The minimum Gasteiger partial charge on any atom is -0.471 e. The average Bonchev–Trinajstić information content (AvgIpc) is 4.18. The van der Waals surface area contributed by atoms with Crippen LogP contribution in [-0.2, 0) is 39.8 Å². The number of carbonyl (C=O) groups excluding carboxylic acids is 4. The number of carbonyl (C=O) groups is 4. The van der Waals surface area contributed by atoms with E-state index in [1.165, 1.54) is 13.2 Å². The number of pyridine rings is 1. The highest BCUT2D eigenvalue weighted by molar-refractivity contribution is 5.86. The Hall–Kier alpha value is -6.82. The van der Waals surface area contributed by atoms with E-state index in [1.54, 1.807) is 19.3 Å². The highest BCUT2D eigenvalue weighted by Crippen LogP contribution is 2.34. The molecule has 3 aromatic carbocycles. The number of aromatic nitrogens is 5. The van der Waals surface area contributed by atoms with Crippen molar-refractivity contribution < 1.29 is 37.8 Å². The average molecular weight is 946 g/mol. The van der Waals surface area contributed by atoms with Crippen LogP contribution in [0.15, 0.2) is 91.3 Å². The molecule has 3 atom stereocenters. The molecule has 5 heterocycles. The van der Waals surface area contributed by atoms with Crippen molar-refractivity contribution in [1.29, 1.82) is 0 Å². The SMILES string of the molecule is CNC(C(=O)NCCCCc1ncc(-c2ccc3nc(-c4ccc(-c5cnc(C6CCCN6C(=O)C(NC)C(C)C)[nH]5)cc4F)ccc3c2)[nH]1)c1ccccc1.COC=O.O=COC1CCOCC1. The molecule has 3 aromatic heterocycles. The number of rotatable bonds is 18. The minimum atomic E-state index is -0.379. The summed E-state index contributed by atoms with van der Waals surface area (Å²) in [6, 6.07) is 23.9. The van der Waals surface area contributed by atoms with Crippen molar-refractivity contribution in [3.63, 3.8) is 0 Å². The number of nitrogens with zero attached hydrogens (tertiary/aromatic N) is 4. The van der Waals surface area contributed by atoms with Crippen LogP contribution in [0.25, 0.3) is 44.7 Å². The third kappa shape index (κ3) is 13.9. The van der Waals surface area contributed by atoms with Gasteiger partial charge < -0.3 is 45.0 Å². The molecule has 0 saturated carbocycles. The number of aromatic amines is 2. The molecule has 2 fully saturated rings. The van der Waals surface area contributed by atoms with E-state index in [0.29, 0.717) is 48.5 Å². The summed E-state index contributed by atoms with van der Waals surface area (Å²) in [5.41, 5.74) is 5.93. The first-order valence-corrected chi connectivity index (χ1v) is 23.5. The van der Waals surface area contributed by atoms with Gasteiger partial charge in [-0.15, -0.1) is 0 Å². The van der Waals surface area contributed by atoms with Crippen molar-refractivity contribution in [3.05, 3.63) is 114 Å². The molecule has 0 bridgehead atoms. The van der Waals surface area contributed by atoms with Crippen molar-refractivity contribution in [2.45, 2.75) is 83.0 Å². The van der Waals surface area contributed by atoms with Crippen molar-refractivity contribution >= 4 is 35.7 Å². The number of fused-ring (bicyclic) bond motifs is 1. The van der Waals surface area contributed by atoms with Crippen molar-refractivity contribution in [2.75, 3.05) is 47.5 Å². The number of hydrogen-bond acceptors (Lipinski definition) is 12. The number of likely N-dealkylation sites (N-methyl/N-ethyl adjacent to an activating group) is 2. The molecule has 2 aliphatic heterocycles. The van der Waals surface area contributed by atoms with Gasteiger partial charge in [0, 0.05) is 54.4 Å². The first kappa shape index (κ1) is 51.6. The van der Waals surface area contributed by atoms with Crippen LogP contribution in [0.4, 0.5) is 4.39 Å². The van der Waals surface area contributed by atoms with E-state index in [9.17, 15) is 14.4 Å². The van der Waals surface area contributed by atoms with E-state index in [2.05, 4.69) is 46.7 Å². The first-order chi connectivity index (χ1) is 33.6. The predicted molar refractivity (Wildman–Crippen MR) is 262 cm³/mol. The lowest BCUT2D eigenvalue weighted by atomic mass is 10.0. The molecule has 0 aliphatic carbocycles. The zero-order valence-corrected chi connectivity index (χ0v) is 40.0. The number of aryl methyl sites for hydroxylation is 1. The van der Waals surface area contributed by atoms with E-state index >= 15 is 4.39 Å². The Labute approximate surface area is 402 Å². The van der Waals surface area contributed by atoms with Crippen LogP contribution in [0, 0.1) is 11.7 Å². The molecule has 5 N–H and O–H groups in total. The van der Waals surface area contributed by atoms with Crippen LogP contribution in [0.5, 0.6) is 0 Å². The number of imidazole rings is 2. The molecule has 17 heteroatoms. The molecule has 16 nitrogen and oxygen atoms in total. The number of methoxy groups -OCH3 is 1. The number of hydrogen-bond donors (Lipinski definition) is 5. The maximum absolute atomic E-state index is 15.7. The normalized spacial score (nSPS) is 15.6. The van der Waals surface area contributed by atoms with Crippen LogP contribution in [0.3, 0.4) is 0 Å². The second-order valence-electron chi connectivity index (χ2n) is 17.2. The maximum Gasteiger partial charge on any atom is 0.293 e. The van der Waals surface area contributed by atoms with E-state index < -0.39 is 0 Å². The number of H-pyrrole nitrogens is 2. The van der Waals surface area contributed by atoms with Crippen molar-refractivity contribution in [3.8, 4) is 33.8 Å². The molecule has 69 heavy (non-hydrogen) atoms. The van der Waals surface area contributed by atoms with Crippen LogP contribution in [0.2, 0.25) is 0 Å². The van der Waals surface area contributed by atoms with Gasteiger partial charge in [-0.2, -0.15) is 0 Å². The van der Waals surface area contributed by atoms with Gasteiger partial charge in [-0.25, -0.2) is 19.3 Å². The van der Waals surface area contributed by atoms with E-state index in [0.717, 1.165) is 97.5 Å². The topological polar surface area (TPSA) is 206 Å². The molecule has 2 aliphatic rings. The minimum absolute atomic E-state index is 0.0354. The quantitative estimate of drug-likeness (QED) is 0.0427. The monoisotopic (exact) mass is 945 g/mol. The fraction of sp³-hybridized carbons (Fsp3) is 0.404. The van der Waals surface area contributed by atoms with Gasteiger partial charge >= 0.3 is 0 Å². The molecule has 6 aromatic rings. The van der Waals surface area contributed by atoms with Crippen molar-refractivity contribution in [2.24, 2.45) is 5.92 Å². The summed E-state index contributed by atoms with van der Waals surface area (Å²) < 4.78 is 29.3. The van der Waals surface area contributed by atoms with Gasteiger partial charge in [-0.3, -0.25) is 19.2 Å². The number of nitrogens with one attached hydrogen (secondary N) is 5. The number of halogens is 1. The zero-order chi connectivity index (χ0) is 49.1. The summed E-state index contributed by atoms with van der Waals surface area (Å²) >= 11 is 0. The predicted octanol–water partition coefficient (Wildman–Crippen LogP) is 7.26. The van der Waals surface area contributed by atoms with Gasteiger partial charge in [-0.1, -0.05) is 62.4 Å². The third-order valence-electron chi connectivity index (χ3n) is 12.2. The van der Waals surface area contributed by atoms with Gasteiger partial charge in [0.15, 0.2) is 0 Å². The largest absolute Gasteiger partial charge is 0.471 e. The summed E-state index contributed by atoms with van der Waals surface area (Å²) in [6.07, 6.45) is 9.58. The fourth-order valence-corrected chi connectivity index (χ4v) is 8.57. The molecule has 0 radical (unpaired) electrons. The second kappa shape index (κ2) is 26.1. The molecular formula is C52H64FN9O7. The summed E-state index contributed by atoms with van der Waals surface area (Å²) in [4.78, 5) is 67.5. The Balaban J connectivity index is 0.000000525. The van der Waals surface area contributed by atoms with Crippen LogP contribution >= 0.6 is 0 Å². The standard InChI is InChI=1S/C44H50FN9O2.C6H10O3.C2H4O2/c1-27(2)40(46-3)44(56)54-22-10-13-38(54)42-50-26-37(53-42)31-15-18-32(33(45)24-31)35-20-17-29-23-30(16-19-34(29)51-35)36-25-49-39(52-36)14-8-9-21-48-43(55)41(47-4)28-11-6-5-7-12-28;7-5-9-6-1-3-8-4-2-6;1-4-2-3/h5-7,11-12,15-20,23-27,38,40-41,46-47H,8-10,13-14,21-22H2,1-4H3,(H,48,55)(H,49,52)(H,50,53);5-6H,1-4H2;2H,1H3. The van der Waals surface area contributed by atoms with Gasteiger partial charge in [-0.05, 0) is 81.6 Å². The fourth-order valence-electron chi connectivity index (χ4n) is 8.57. The highest BCUT2D eigenvalue weighted by Gasteiger charge is 2.36. The zero-order valence-electron chi connectivity index (χ0n) is 40.0. The van der Waals surface area contributed by atoms with Gasteiger partial charge in [0.1, 0.15) is 29.6 Å². The van der Waals surface area contributed by atoms with Crippen LogP contribution in [0.1, 0.15) is 81.7 Å². The smallest absolute Gasteiger partial charge is 0.293 e. The van der Waals surface area contributed by atoms with Gasteiger partial charge in [0.2, 0.25) is 11.8 Å². The number of benzene rings is 3. The van der Waals surface area contributed by atoms with Gasteiger partial charge in [0.05, 0.1) is 67.4 Å². The summed E-state index contributed by atoms with van der Waals surface area (Å²) in [7, 11) is 4.92. The Bertz CT molecular complexity index is 2580. The first-order valence-electron chi connectivity index (χ1n) is 23.5. The number of likely N-dealkylation sites (tertiary alicyclic amines) is 1. The Morgan fingerprint density at radius 3 is 2.30 bits per heavy atom. The molecule has 2 amide bonds. The lowest BCUT2D eigenvalue weighted by Crippen LogP contribution is -2.47. The lowest BCUT2D eigenvalue weighted by Gasteiger charge is -2.29. The number of ether oxygens (including phenoxy) is 3. The molecule has 366 valence electrons. The van der Waals surface area contributed by atoms with Crippen LogP contribution < -0.4 is 16.0 Å². The summed E-state index contributed by atoms with van der Waals surface area (Å²) in [5, 5.41) is 10.2. The molecule has 0 spiro atoms. The van der Waals surface area contributed by atoms with E-state index in [-0.39, 0.29) is 47.8 Å². The Kier molecular flexibility index (Phi) is 19.5.